The summed E-state index contributed by atoms with van der Waals surface area (Å²) in [4.78, 5) is 14.0. The summed E-state index contributed by atoms with van der Waals surface area (Å²) in [5.74, 6) is 0.415. The van der Waals surface area contributed by atoms with E-state index in [0.717, 1.165) is 22.2 Å². The van der Waals surface area contributed by atoms with Crippen LogP contribution in [0.2, 0.25) is 0 Å². The predicted octanol–water partition coefficient (Wildman–Crippen LogP) is 1.52. The fourth-order valence-corrected chi connectivity index (χ4v) is 1.82. The van der Waals surface area contributed by atoms with Crippen LogP contribution in [0.15, 0.2) is 33.6 Å². The largest absolute Gasteiger partial charge is 0.495 e. The third-order valence-electron chi connectivity index (χ3n) is 2.57. The third-order valence-corrected chi connectivity index (χ3v) is 2.57. The molecule has 0 saturated heterocycles. The first-order valence-electron chi connectivity index (χ1n) is 4.99. The highest BCUT2D eigenvalue weighted by Crippen LogP contribution is 2.31. The van der Waals surface area contributed by atoms with E-state index < -0.39 is 5.76 Å². The van der Waals surface area contributed by atoms with Gasteiger partial charge in [-0.05, 0) is 6.07 Å². The molecular weight excluding hydrogens is 222 g/mol. The summed E-state index contributed by atoms with van der Waals surface area (Å²) in [6.07, 6.45) is 1.73. The maximum atomic E-state index is 10.9. The van der Waals surface area contributed by atoms with Crippen molar-refractivity contribution in [3.8, 4) is 17.2 Å². The molecule has 2 aromatic heterocycles. The highest BCUT2D eigenvalue weighted by molar-refractivity contribution is 5.96. The van der Waals surface area contributed by atoms with Gasteiger partial charge in [0.15, 0.2) is 0 Å². The number of rotatable bonds is 2. The Bertz CT molecular complexity index is 723. The Balaban J connectivity index is 2.28. The van der Waals surface area contributed by atoms with Crippen molar-refractivity contribution in [2.75, 3.05) is 7.11 Å². The summed E-state index contributed by atoms with van der Waals surface area (Å²) < 4.78 is 10.2. The second-order valence-corrected chi connectivity index (χ2v) is 3.50. The Morgan fingerprint density at radius 1 is 1.41 bits per heavy atom. The second-order valence-electron chi connectivity index (χ2n) is 3.50. The molecule has 0 spiro atoms. The van der Waals surface area contributed by atoms with Gasteiger partial charge >= 0.3 is 5.76 Å². The van der Waals surface area contributed by atoms with Gasteiger partial charge in [0.2, 0.25) is 0 Å². The van der Waals surface area contributed by atoms with E-state index in [4.69, 9.17) is 9.15 Å². The number of methoxy groups -OCH3 is 1. The molecule has 1 aromatic carbocycles. The number of benzene rings is 1. The van der Waals surface area contributed by atoms with Gasteiger partial charge in [-0.1, -0.05) is 12.1 Å². The molecule has 0 aliphatic carbocycles. The van der Waals surface area contributed by atoms with Crippen molar-refractivity contribution in [3.63, 3.8) is 0 Å². The van der Waals surface area contributed by atoms with Crippen molar-refractivity contribution in [3.05, 3.63) is 34.9 Å². The van der Waals surface area contributed by atoms with Gasteiger partial charge in [0.05, 0.1) is 18.2 Å². The minimum atomic E-state index is -0.572. The lowest BCUT2D eigenvalue weighted by molar-refractivity contribution is 0.419. The SMILES string of the molecule is COc1cccc2c(-c3n[nH]c(=O)o3)c[nH]c12. The lowest BCUT2D eigenvalue weighted by atomic mass is 10.1. The molecular formula is C11H9N3O3. The van der Waals surface area contributed by atoms with Crippen LogP contribution in [0, 0.1) is 0 Å². The van der Waals surface area contributed by atoms with Gasteiger partial charge in [0.25, 0.3) is 5.89 Å². The Morgan fingerprint density at radius 2 is 2.29 bits per heavy atom. The van der Waals surface area contributed by atoms with Crippen LogP contribution in [0.25, 0.3) is 22.4 Å². The number of H-pyrrole nitrogens is 2. The molecule has 86 valence electrons. The summed E-state index contributed by atoms with van der Waals surface area (Å²) in [6.45, 7) is 0. The number of aromatic amines is 2. The number of ether oxygens (including phenoxy) is 1. The molecule has 6 nitrogen and oxygen atoms in total. The number of fused-ring (bicyclic) bond motifs is 1. The lowest BCUT2D eigenvalue weighted by Gasteiger charge is -2.00. The Labute approximate surface area is 95.2 Å². The van der Waals surface area contributed by atoms with E-state index >= 15 is 0 Å². The average Bonchev–Trinajstić information content (AvgIpc) is 2.94. The van der Waals surface area contributed by atoms with Crippen LogP contribution < -0.4 is 10.5 Å². The number of hydrogen-bond acceptors (Lipinski definition) is 4. The number of hydrogen-bond donors (Lipinski definition) is 2. The molecule has 6 heteroatoms. The zero-order chi connectivity index (χ0) is 11.8. The van der Waals surface area contributed by atoms with Gasteiger partial charge in [-0.3, -0.25) is 0 Å². The highest BCUT2D eigenvalue weighted by atomic mass is 16.5. The molecule has 3 rings (SSSR count). The highest BCUT2D eigenvalue weighted by Gasteiger charge is 2.13. The second kappa shape index (κ2) is 3.51. The maximum Gasteiger partial charge on any atom is 0.434 e. The van der Waals surface area contributed by atoms with E-state index in [1.807, 2.05) is 18.2 Å². The minimum Gasteiger partial charge on any atom is -0.495 e. The number of nitrogens with one attached hydrogen (secondary N) is 2. The Hall–Kier alpha value is -2.50. The molecule has 17 heavy (non-hydrogen) atoms. The Morgan fingerprint density at radius 3 is 3.00 bits per heavy atom. The molecule has 0 amide bonds. The smallest absolute Gasteiger partial charge is 0.434 e. The number of nitrogens with zero attached hydrogens (tertiary/aromatic N) is 1. The third kappa shape index (κ3) is 1.42. The van der Waals surface area contributed by atoms with Crippen molar-refractivity contribution in [1.29, 1.82) is 0 Å². The molecule has 3 aromatic rings. The first-order chi connectivity index (χ1) is 8.29. The standard InChI is InChI=1S/C11H9N3O3/c1-16-8-4-2-3-6-7(5-12-9(6)8)10-13-14-11(15)17-10/h2-5,12H,1H3,(H,14,15). The molecule has 0 bridgehead atoms. The maximum absolute atomic E-state index is 10.9. The van der Waals surface area contributed by atoms with E-state index in [1.54, 1.807) is 13.3 Å². The zero-order valence-electron chi connectivity index (χ0n) is 8.98. The quantitative estimate of drug-likeness (QED) is 0.700. The first-order valence-corrected chi connectivity index (χ1v) is 4.99. The van der Waals surface area contributed by atoms with Crippen LogP contribution in [0.3, 0.4) is 0 Å². The molecule has 0 fully saturated rings. The first kappa shape index (κ1) is 9.71. The molecule has 0 unspecified atom stereocenters. The van der Waals surface area contributed by atoms with E-state index in [1.165, 1.54) is 0 Å². The van der Waals surface area contributed by atoms with E-state index in [0.29, 0.717) is 0 Å². The molecule has 0 radical (unpaired) electrons. The van der Waals surface area contributed by atoms with Gasteiger partial charge in [-0.15, -0.1) is 5.10 Å². The van der Waals surface area contributed by atoms with Crippen molar-refractivity contribution in [1.82, 2.24) is 15.2 Å². The minimum absolute atomic E-state index is 0.259. The molecule has 0 saturated carbocycles. The van der Waals surface area contributed by atoms with E-state index in [9.17, 15) is 4.79 Å². The summed E-state index contributed by atoms with van der Waals surface area (Å²) in [6, 6.07) is 5.62. The van der Waals surface area contributed by atoms with Crippen LogP contribution >= 0.6 is 0 Å². The van der Waals surface area contributed by atoms with Gasteiger partial charge in [-0.25, -0.2) is 9.89 Å². The van der Waals surface area contributed by atoms with Crippen molar-refractivity contribution >= 4 is 10.9 Å². The van der Waals surface area contributed by atoms with Gasteiger partial charge in [0, 0.05) is 11.6 Å². The van der Waals surface area contributed by atoms with Gasteiger partial charge in [-0.2, -0.15) is 0 Å². The lowest BCUT2D eigenvalue weighted by Crippen LogP contribution is -1.93. The van der Waals surface area contributed by atoms with Crippen molar-refractivity contribution in [2.45, 2.75) is 0 Å². The van der Waals surface area contributed by atoms with Gasteiger partial charge in [0.1, 0.15) is 5.75 Å². The van der Waals surface area contributed by atoms with E-state index in [-0.39, 0.29) is 5.89 Å². The summed E-state index contributed by atoms with van der Waals surface area (Å²) >= 11 is 0. The number of para-hydroxylation sites is 1. The van der Waals surface area contributed by atoms with Crippen LogP contribution in [0.4, 0.5) is 0 Å². The van der Waals surface area contributed by atoms with Crippen LogP contribution in [-0.4, -0.2) is 22.3 Å². The molecule has 2 N–H and O–H groups in total. The fourth-order valence-electron chi connectivity index (χ4n) is 1.82. The Kier molecular flexibility index (Phi) is 2.01. The topological polar surface area (TPSA) is 83.9 Å². The van der Waals surface area contributed by atoms with Crippen molar-refractivity contribution < 1.29 is 9.15 Å². The molecule has 2 heterocycles. The summed E-state index contributed by atoms with van der Waals surface area (Å²) in [5.41, 5.74) is 1.56. The monoisotopic (exact) mass is 231 g/mol. The van der Waals surface area contributed by atoms with E-state index in [2.05, 4.69) is 15.2 Å². The molecule has 0 atom stereocenters. The van der Waals surface area contributed by atoms with Crippen LogP contribution in [0.1, 0.15) is 0 Å². The molecule has 0 aliphatic rings. The van der Waals surface area contributed by atoms with Crippen molar-refractivity contribution in [2.24, 2.45) is 0 Å². The normalized spacial score (nSPS) is 10.9. The zero-order valence-corrected chi connectivity index (χ0v) is 8.98. The van der Waals surface area contributed by atoms with Crippen LogP contribution in [-0.2, 0) is 0 Å². The fraction of sp³-hybridized carbons (Fsp3) is 0.0909. The summed E-state index contributed by atoms with van der Waals surface area (Å²) in [5, 5.41) is 6.92. The summed E-state index contributed by atoms with van der Waals surface area (Å²) in [7, 11) is 1.60. The van der Waals surface area contributed by atoms with Gasteiger partial charge < -0.3 is 14.1 Å². The predicted molar refractivity (Wildman–Crippen MR) is 61.0 cm³/mol. The van der Waals surface area contributed by atoms with Crippen LogP contribution in [0.5, 0.6) is 5.75 Å². The number of aromatic nitrogens is 3. The molecule has 0 aliphatic heterocycles. The average molecular weight is 231 g/mol.